The van der Waals surface area contributed by atoms with Gasteiger partial charge in [-0.3, -0.25) is 4.57 Å². The van der Waals surface area contributed by atoms with E-state index in [4.69, 9.17) is 11.6 Å². The van der Waals surface area contributed by atoms with Gasteiger partial charge < -0.3 is 0 Å². The monoisotopic (exact) mass is 393 g/mol. The fourth-order valence-corrected chi connectivity index (χ4v) is 2.94. The van der Waals surface area contributed by atoms with Gasteiger partial charge in [-0.1, -0.05) is 12.1 Å². The van der Waals surface area contributed by atoms with Gasteiger partial charge in [0.25, 0.3) is 0 Å². The number of halogens is 2. The number of rotatable bonds is 2. The summed E-state index contributed by atoms with van der Waals surface area (Å²) in [5.41, 5.74) is 3.18. The normalized spacial score (nSPS) is 10.7. The van der Waals surface area contributed by atoms with E-state index >= 15 is 0 Å². The van der Waals surface area contributed by atoms with Gasteiger partial charge in [0, 0.05) is 9.26 Å². The second-order valence-electron chi connectivity index (χ2n) is 4.26. The van der Waals surface area contributed by atoms with Crippen molar-refractivity contribution < 1.29 is 0 Å². The molecule has 0 fully saturated rings. The minimum absolute atomic E-state index is 0.297. The lowest BCUT2D eigenvalue weighted by molar-refractivity contribution is 0.981. The van der Waals surface area contributed by atoms with E-state index in [2.05, 4.69) is 39.7 Å². The first-order chi connectivity index (χ1) is 9.74. The van der Waals surface area contributed by atoms with Gasteiger partial charge in [-0.15, -0.1) is 11.6 Å². The van der Waals surface area contributed by atoms with Gasteiger partial charge in [-0.2, -0.15) is 5.26 Å². The standard InChI is InChI=1S/C15H9ClIN3/c16-8-14-19-15-10(9-18)3-1-6-13(15)20(14)12-5-2-4-11(17)7-12/h1-7H,8H2. The quantitative estimate of drug-likeness (QED) is 0.483. The summed E-state index contributed by atoms with van der Waals surface area (Å²) in [5.74, 6) is 1.04. The molecule has 3 rings (SSSR count). The molecule has 0 saturated heterocycles. The number of hydrogen-bond acceptors (Lipinski definition) is 2. The minimum Gasteiger partial charge on any atom is -0.295 e. The number of fused-ring (bicyclic) bond motifs is 1. The highest BCUT2D eigenvalue weighted by molar-refractivity contribution is 14.1. The molecule has 0 aliphatic heterocycles. The number of hydrogen-bond donors (Lipinski definition) is 0. The number of aromatic nitrogens is 2. The van der Waals surface area contributed by atoms with E-state index in [-0.39, 0.29) is 0 Å². The largest absolute Gasteiger partial charge is 0.295 e. The molecule has 0 spiro atoms. The van der Waals surface area contributed by atoms with E-state index in [9.17, 15) is 5.26 Å². The van der Waals surface area contributed by atoms with Crippen LogP contribution in [-0.2, 0) is 5.88 Å². The number of benzene rings is 2. The van der Waals surface area contributed by atoms with Gasteiger partial charge in [0.15, 0.2) is 0 Å². The first kappa shape index (κ1) is 13.4. The lowest BCUT2D eigenvalue weighted by atomic mass is 10.2. The maximum absolute atomic E-state index is 9.19. The molecule has 1 heterocycles. The number of imidazole rings is 1. The Morgan fingerprint density at radius 3 is 2.75 bits per heavy atom. The highest BCUT2D eigenvalue weighted by Gasteiger charge is 2.14. The summed E-state index contributed by atoms with van der Waals surface area (Å²) in [4.78, 5) is 4.51. The molecular weight excluding hydrogens is 385 g/mol. The van der Waals surface area contributed by atoms with Crippen molar-refractivity contribution in [1.29, 1.82) is 5.26 Å². The Bertz CT molecular complexity index is 833. The Morgan fingerprint density at radius 1 is 1.25 bits per heavy atom. The van der Waals surface area contributed by atoms with Gasteiger partial charge in [0.1, 0.15) is 17.4 Å². The predicted molar refractivity (Wildman–Crippen MR) is 88.1 cm³/mol. The summed E-state index contributed by atoms with van der Waals surface area (Å²) in [5, 5.41) is 9.19. The van der Waals surface area contributed by atoms with Crippen LogP contribution in [0, 0.1) is 14.9 Å². The molecule has 3 aromatic rings. The molecule has 0 N–H and O–H groups in total. The number of alkyl halides is 1. The Labute approximate surface area is 134 Å². The predicted octanol–water partition coefficient (Wildman–Crippen LogP) is 4.24. The first-order valence-corrected chi connectivity index (χ1v) is 7.58. The van der Waals surface area contributed by atoms with Crippen LogP contribution in [0.1, 0.15) is 11.4 Å². The van der Waals surface area contributed by atoms with Crippen molar-refractivity contribution >= 4 is 45.2 Å². The molecule has 3 nitrogen and oxygen atoms in total. The molecule has 0 radical (unpaired) electrons. The summed E-state index contributed by atoms with van der Waals surface area (Å²) in [6.07, 6.45) is 0. The molecule has 0 atom stereocenters. The van der Waals surface area contributed by atoms with Crippen LogP contribution < -0.4 is 0 Å². The first-order valence-electron chi connectivity index (χ1n) is 5.97. The zero-order valence-electron chi connectivity index (χ0n) is 10.3. The fourth-order valence-electron chi connectivity index (χ4n) is 2.23. The molecular formula is C15H9ClIN3. The second kappa shape index (κ2) is 5.43. The summed E-state index contributed by atoms with van der Waals surface area (Å²) < 4.78 is 3.14. The molecule has 0 unspecified atom stereocenters. The van der Waals surface area contributed by atoms with Crippen LogP contribution in [0.5, 0.6) is 0 Å². The van der Waals surface area contributed by atoms with E-state index in [1.807, 2.05) is 34.9 Å². The third-order valence-corrected chi connectivity index (χ3v) is 3.97. The van der Waals surface area contributed by atoms with Crippen LogP contribution in [0.3, 0.4) is 0 Å². The Hall–Kier alpha value is -1.58. The van der Waals surface area contributed by atoms with Crippen molar-refractivity contribution in [2.75, 3.05) is 0 Å². The maximum Gasteiger partial charge on any atom is 0.129 e. The summed E-state index contributed by atoms with van der Waals surface area (Å²) >= 11 is 8.29. The molecule has 0 saturated carbocycles. The van der Waals surface area contributed by atoms with E-state index in [0.717, 1.165) is 20.6 Å². The van der Waals surface area contributed by atoms with Crippen LogP contribution in [0.4, 0.5) is 0 Å². The summed E-state index contributed by atoms with van der Waals surface area (Å²) in [6.45, 7) is 0. The maximum atomic E-state index is 9.19. The van der Waals surface area contributed by atoms with Crippen molar-refractivity contribution in [3.05, 3.63) is 57.4 Å². The van der Waals surface area contributed by atoms with E-state index in [0.29, 0.717) is 17.0 Å². The van der Waals surface area contributed by atoms with Gasteiger partial charge >= 0.3 is 0 Å². The smallest absolute Gasteiger partial charge is 0.129 e. The summed E-state index contributed by atoms with van der Waals surface area (Å²) in [7, 11) is 0. The van der Waals surface area contributed by atoms with Crippen LogP contribution >= 0.6 is 34.2 Å². The molecule has 98 valence electrons. The molecule has 5 heteroatoms. The fraction of sp³-hybridized carbons (Fsp3) is 0.0667. The Balaban J connectivity index is 2.38. The van der Waals surface area contributed by atoms with Gasteiger partial charge in [0.2, 0.25) is 0 Å². The molecule has 0 aliphatic carbocycles. The Kier molecular flexibility index (Phi) is 3.64. The van der Waals surface area contributed by atoms with E-state index in [1.165, 1.54) is 0 Å². The van der Waals surface area contributed by atoms with Crippen molar-refractivity contribution in [3.8, 4) is 11.8 Å². The molecule has 0 amide bonds. The number of nitriles is 1. The van der Waals surface area contributed by atoms with Gasteiger partial charge in [-0.05, 0) is 52.9 Å². The average Bonchev–Trinajstić information content (AvgIpc) is 2.85. The highest BCUT2D eigenvalue weighted by atomic mass is 127. The lowest BCUT2D eigenvalue weighted by Gasteiger charge is -2.08. The van der Waals surface area contributed by atoms with Gasteiger partial charge in [0.05, 0.1) is 17.0 Å². The topological polar surface area (TPSA) is 41.6 Å². The molecule has 20 heavy (non-hydrogen) atoms. The third-order valence-electron chi connectivity index (χ3n) is 3.06. The second-order valence-corrected chi connectivity index (χ2v) is 5.77. The summed E-state index contributed by atoms with van der Waals surface area (Å²) in [6, 6.07) is 15.9. The van der Waals surface area contributed by atoms with Crippen molar-refractivity contribution in [1.82, 2.24) is 9.55 Å². The highest BCUT2D eigenvalue weighted by Crippen LogP contribution is 2.25. The molecule has 2 aromatic carbocycles. The van der Waals surface area contributed by atoms with E-state index in [1.54, 1.807) is 6.07 Å². The molecule has 1 aromatic heterocycles. The van der Waals surface area contributed by atoms with Gasteiger partial charge in [-0.25, -0.2) is 4.98 Å². The SMILES string of the molecule is N#Cc1cccc2c1nc(CCl)n2-c1cccc(I)c1. The molecule has 0 aliphatic rings. The lowest BCUT2D eigenvalue weighted by Crippen LogP contribution is -1.99. The molecule has 0 bridgehead atoms. The van der Waals surface area contributed by atoms with E-state index < -0.39 is 0 Å². The van der Waals surface area contributed by atoms with Crippen LogP contribution in [0.25, 0.3) is 16.7 Å². The van der Waals surface area contributed by atoms with Crippen molar-refractivity contribution in [3.63, 3.8) is 0 Å². The number of nitrogens with zero attached hydrogens (tertiary/aromatic N) is 3. The third kappa shape index (κ3) is 2.17. The van der Waals surface area contributed by atoms with Crippen molar-refractivity contribution in [2.45, 2.75) is 5.88 Å². The van der Waals surface area contributed by atoms with Crippen LogP contribution in [0.15, 0.2) is 42.5 Å². The van der Waals surface area contributed by atoms with Crippen LogP contribution in [-0.4, -0.2) is 9.55 Å². The number of para-hydroxylation sites is 1. The van der Waals surface area contributed by atoms with Crippen LogP contribution in [0.2, 0.25) is 0 Å². The minimum atomic E-state index is 0.297. The van der Waals surface area contributed by atoms with Crippen molar-refractivity contribution in [2.24, 2.45) is 0 Å². The zero-order valence-corrected chi connectivity index (χ0v) is 13.3. The zero-order chi connectivity index (χ0) is 14.1. The average molecular weight is 394 g/mol. The Morgan fingerprint density at radius 2 is 2.05 bits per heavy atom.